The molecule has 6 rings (SSSR count). The summed E-state index contributed by atoms with van der Waals surface area (Å²) < 4.78 is 0. The normalized spacial score (nSPS) is 34.5. The molecule has 3 saturated heterocycles. The third-order valence-electron chi connectivity index (χ3n) is 7.21. The number of imide groups is 1. The molecule has 3 amide bonds. The van der Waals surface area contributed by atoms with E-state index < -0.39 is 17.4 Å². The summed E-state index contributed by atoms with van der Waals surface area (Å²) in [6.45, 7) is 0.793. The molecule has 7 heteroatoms. The molecule has 1 unspecified atom stereocenters. The van der Waals surface area contributed by atoms with Gasteiger partial charge in [-0.2, -0.15) is 0 Å². The van der Waals surface area contributed by atoms with E-state index in [-0.39, 0.29) is 23.8 Å². The molecular formula is C22H19ClN3O3+. The number of carbonyl (C=O) groups excluding carboxylic acids is 3. The van der Waals surface area contributed by atoms with E-state index in [2.05, 4.69) is 5.32 Å². The van der Waals surface area contributed by atoms with Crippen LogP contribution in [0.25, 0.3) is 0 Å². The van der Waals surface area contributed by atoms with Crippen LogP contribution in [0.4, 0.5) is 11.4 Å². The molecule has 6 nitrogen and oxygen atoms in total. The van der Waals surface area contributed by atoms with Crippen LogP contribution in [0.1, 0.15) is 18.4 Å². The zero-order valence-electron chi connectivity index (χ0n) is 15.5. The van der Waals surface area contributed by atoms with Gasteiger partial charge in [-0.25, -0.2) is 4.90 Å². The average Bonchev–Trinajstić information content (AvgIpc) is 3.41. The van der Waals surface area contributed by atoms with Crippen LogP contribution in [0, 0.1) is 11.8 Å². The third kappa shape index (κ3) is 1.93. The molecule has 0 saturated carbocycles. The van der Waals surface area contributed by atoms with E-state index in [0.29, 0.717) is 10.7 Å². The van der Waals surface area contributed by atoms with Gasteiger partial charge in [-0.3, -0.25) is 14.4 Å². The van der Waals surface area contributed by atoms with Crippen molar-refractivity contribution in [2.75, 3.05) is 16.8 Å². The van der Waals surface area contributed by atoms with E-state index in [1.807, 2.05) is 24.3 Å². The first-order chi connectivity index (χ1) is 14.0. The Bertz CT molecular complexity index is 1080. The van der Waals surface area contributed by atoms with Gasteiger partial charge in [-0.15, -0.1) is 0 Å². The lowest BCUT2D eigenvalue weighted by atomic mass is 9.75. The number of halogens is 1. The highest BCUT2D eigenvalue weighted by atomic mass is 35.5. The summed E-state index contributed by atoms with van der Waals surface area (Å²) in [7, 11) is 0. The largest absolute Gasteiger partial charge is 0.320 e. The van der Waals surface area contributed by atoms with Crippen LogP contribution < -0.4 is 15.1 Å². The second-order valence-electron chi connectivity index (χ2n) is 8.32. The fourth-order valence-electron chi connectivity index (χ4n) is 6.26. The van der Waals surface area contributed by atoms with Crippen LogP contribution in [0.3, 0.4) is 0 Å². The molecule has 0 aromatic heterocycles. The molecule has 0 bridgehead atoms. The summed E-state index contributed by atoms with van der Waals surface area (Å²) in [6.07, 6.45) is 1.80. The van der Waals surface area contributed by atoms with Gasteiger partial charge in [0.25, 0.3) is 5.91 Å². The Morgan fingerprint density at radius 3 is 2.59 bits per heavy atom. The molecule has 0 radical (unpaired) electrons. The highest BCUT2D eigenvalue weighted by Gasteiger charge is 2.78. The number of nitrogens with one attached hydrogen (secondary N) is 2. The van der Waals surface area contributed by atoms with Crippen molar-refractivity contribution >= 4 is 40.7 Å². The van der Waals surface area contributed by atoms with Gasteiger partial charge in [-0.1, -0.05) is 29.8 Å². The molecule has 146 valence electrons. The summed E-state index contributed by atoms with van der Waals surface area (Å²) in [5.74, 6) is -1.80. The number of hydrogen-bond acceptors (Lipinski definition) is 3. The summed E-state index contributed by atoms with van der Waals surface area (Å²) in [6, 6.07) is 14.3. The van der Waals surface area contributed by atoms with E-state index in [1.54, 1.807) is 24.3 Å². The zero-order chi connectivity index (χ0) is 19.9. The summed E-state index contributed by atoms with van der Waals surface area (Å²) in [5, 5.41) is 3.54. The minimum absolute atomic E-state index is 0.0225. The van der Waals surface area contributed by atoms with Crippen LogP contribution in [0.2, 0.25) is 5.02 Å². The Balaban J connectivity index is 1.55. The second kappa shape index (κ2) is 5.68. The van der Waals surface area contributed by atoms with Gasteiger partial charge < -0.3 is 10.2 Å². The fraction of sp³-hybridized carbons (Fsp3) is 0.318. The first-order valence-electron chi connectivity index (χ1n) is 9.95. The molecule has 4 heterocycles. The Morgan fingerprint density at radius 2 is 1.79 bits per heavy atom. The van der Waals surface area contributed by atoms with Crippen molar-refractivity contribution in [3.8, 4) is 0 Å². The summed E-state index contributed by atoms with van der Waals surface area (Å²) in [4.78, 5) is 43.0. The second-order valence-corrected chi connectivity index (χ2v) is 8.76. The van der Waals surface area contributed by atoms with Crippen molar-refractivity contribution in [3.05, 3.63) is 59.1 Å². The lowest BCUT2D eigenvalue weighted by Gasteiger charge is -2.33. The molecule has 4 aliphatic heterocycles. The number of rotatable bonds is 1. The Hall–Kier alpha value is -2.70. The predicted octanol–water partition coefficient (Wildman–Crippen LogP) is 1.35. The third-order valence-corrected chi connectivity index (χ3v) is 7.46. The van der Waals surface area contributed by atoms with Crippen molar-refractivity contribution in [2.24, 2.45) is 11.8 Å². The molecule has 1 spiro atoms. The lowest BCUT2D eigenvalue weighted by molar-refractivity contribution is -0.948. The lowest BCUT2D eigenvalue weighted by Crippen LogP contribution is -3.19. The number of benzene rings is 2. The Kier molecular flexibility index (Phi) is 3.36. The van der Waals surface area contributed by atoms with Crippen LogP contribution in [0.5, 0.6) is 0 Å². The van der Waals surface area contributed by atoms with E-state index in [9.17, 15) is 14.4 Å². The van der Waals surface area contributed by atoms with Crippen LogP contribution >= 0.6 is 11.6 Å². The van der Waals surface area contributed by atoms with Gasteiger partial charge in [0.2, 0.25) is 17.4 Å². The smallest absolute Gasteiger partial charge is 0.291 e. The maximum atomic E-state index is 13.7. The average molecular weight is 409 g/mol. The van der Waals surface area contributed by atoms with Crippen LogP contribution in [-0.4, -0.2) is 30.3 Å². The number of amides is 3. The van der Waals surface area contributed by atoms with E-state index >= 15 is 0 Å². The molecule has 29 heavy (non-hydrogen) atoms. The van der Waals surface area contributed by atoms with Crippen LogP contribution in [0.15, 0.2) is 48.5 Å². The summed E-state index contributed by atoms with van der Waals surface area (Å²) in [5.41, 5.74) is 1.08. The number of carbonyl (C=O) groups is 3. The highest BCUT2D eigenvalue weighted by molar-refractivity contribution is 6.31. The van der Waals surface area contributed by atoms with E-state index in [1.165, 1.54) is 4.90 Å². The van der Waals surface area contributed by atoms with Crippen molar-refractivity contribution in [2.45, 2.75) is 24.4 Å². The zero-order valence-corrected chi connectivity index (χ0v) is 16.3. The highest BCUT2D eigenvalue weighted by Crippen LogP contribution is 2.52. The quantitative estimate of drug-likeness (QED) is 0.700. The van der Waals surface area contributed by atoms with Gasteiger partial charge >= 0.3 is 0 Å². The molecule has 3 fully saturated rings. The SMILES string of the molecule is O=C1[C@@H]2[C@H]3CCC[NH+]3[C@]3(C(=O)Nc4ccccc43)[C@H]2C(=O)N1c1ccc(Cl)cc1. The standard InChI is InChI=1S/C22H18ClN3O3/c23-12-7-9-13(10-8-12)26-19(27)17-16-6-3-11-25(16)22(18(17)20(26)28)14-4-1-2-5-15(14)24-21(22)29/h1-2,4-5,7-10,16-18H,3,6,11H2,(H,24,29)/p+1/t16-,17-,18-,22+/m1/s1. The van der Waals surface area contributed by atoms with Gasteiger partial charge in [-0.05, 0) is 30.3 Å². The first kappa shape index (κ1) is 17.2. The molecule has 2 N–H and O–H groups in total. The Labute approximate surface area is 172 Å². The number of hydrogen-bond donors (Lipinski definition) is 2. The van der Waals surface area contributed by atoms with Gasteiger partial charge in [0.05, 0.1) is 17.9 Å². The predicted molar refractivity (Wildman–Crippen MR) is 107 cm³/mol. The topological polar surface area (TPSA) is 70.9 Å². The molecule has 2 aromatic rings. The molecule has 0 aliphatic carbocycles. The van der Waals surface area contributed by atoms with Crippen molar-refractivity contribution in [3.63, 3.8) is 0 Å². The molecule has 4 aliphatic rings. The van der Waals surface area contributed by atoms with Crippen molar-refractivity contribution in [1.82, 2.24) is 0 Å². The molecular weight excluding hydrogens is 390 g/mol. The number of para-hydroxylation sites is 1. The van der Waals surface area contributed by atoms with Gasteiger partial charge in [0.15, 0.2) is 0 Å². The van der Waals surface area contributed by atoms with Crippen LogP contribution in [-0.2, 0) is 19.9 Å². The molecule has 2 aromatic carbocycles. The van der Waals surface area contributed by atoms with E-state index in [0.717, 1.165) is 35.5 Å². The number of nitrogens with zero attached hydrogens (tertiary/aromatic N) is 1. The first-order valence-corrected chi connectivity index (χ1v) is 10.3. The van der Waals surface area contributed by atoms with Gasteiger partial charge in [0.1, 0.15) is 17.9 Å². The molecule has 5 atom stereocenters. The number of quaternary nitrogens is 1. The monoisotopic (exact) mass is 408 g/mol. The maximum absolute atomic E-state index is 13.7. The summed E-state index contributed by atoms with van der Waals surface area (Å²) >= 11 is 5.99. The maximum Gasteiger partial charge on any atom is 0.291 e. The van der Waals surface area contributed by atoms with E-state index in [4.69, 9.17) is 11.6 Å². The fourth-order valence-corrected chi connectivity index (χ4v) is 6.39. The minimum Gasteiger partial charge on any atom is -0.320 e. The van der Waals surface area contributed by atoms with Crippen molar-refractivity contribution in [1.29, 1.82) is 0 Å². The van der Waals surface area contributed by atoms with Crippen molar-refractivity contribution < 1.29 is 19.3 Å². The van der Waals surface area contributed by atoms with Gasteiger partial charge in [0, 0.05) is 23.4 Å². The number of anilines is 2. The minimum atomic E-state index is -1.03. The number of fused-ring (bicyclic) bond motifs is 7. The Morgan fingerprint density at radius 1 is 1.03 bits per heavy atom.